The van der Waals surface area contributed by atoms with Crippen molar-refractivity contribution >= 4 is 21.4 Å². The third-order valence-corrected chi connectivity index (χ3v) is 5.65. The topological polar surface area (TPSA) is 79.6 Å². The molecule has 0 aliphatic heterocycles. The summed E-state index contributed by atoms with van der Waals surface area (Å²) in [6.45, 7) is 2.93. The van der Waals surface area contributed by atoms with Gasteiger partial charge in [0.15, 0.2) is 9.84 Å². The molecule has 1 amide bonds. The highest BCUT2D eigenvalue weighted by Gasteiger charge is 2.36. The van der Waals surface area contributed by atoms with Crippen molar-refractivity contribution in [3.05, 3.63) is 47.9 Å². The first-order valence-electron chi connectivity index (χ1n) is 8.59. The monoisotopic (exact) mass is 376 g/mol. The highest BCUT2D eigenvalue weighted by Crippen LogP contribution is 2.47. The lowest BCUT2D eigenvalue weighted by molar-refractivity contribution is -0.117. The number of sulfone groups is 1. The minimum atomic E-state index is -3.30. The molecule has 1 saturated carbocycles. The number of likely N-dealkylation sites (N-methyl/N-ethyl adjacent to an activating group) is 1. The fourth-order valence-corrected chi connectivity index (χ4v) is 3.64. The van der Waals surface area contributed by atoms with Crippen LogP contribution in [0, 0.1) is 5.92 Å². The number of carbonyl (C=O) groups is 1. The predicted octanol–water partition coefficient (Wildman–Crippen LogP) is 2.88. The number of carbonyl (C=O) groups excluding carboxylic acids is 1. The Bertz CT molecular complexity index is 904. The molecule has 7 heteroatoms. The number of hydrogen-bond acceptors (Lipinski definition) is 5. The molecule has 0 spiro atoms. The van der Waals surface area contributed by atoms with E-state index in [1.54, 1.807) is 12.1 Å². The van der Waals surface area contributed by atoms with Crippen LogP contribution in [0.1, 0.15) is 30.8 Å². The van der Waals surface area contributed by atoms with Gasteiger partial charge in [-0.3, -0.25) is 9.69 Å². The number of rotatable bonds is 7. The number of furan rings is 1. The Morgan fingerprint density at radius 1 is 1.31 bits per heavy atom. The van der Waals surface area contributed by atoms with E-state index in [0.717, 1.165) is 17.8 Å². The molecule has 0 bridgehead atoms. The molecule has 1 aromatic heterocycles. The van der Waals surface area contributed by atoms with Crippen molar-refractivity contribution in [3.63, 3.8) is 0 Å². The molecule has 0 radical (unpaired) electrons. The quantitative estimate of drug-likeness (QED) is 0.804. The first-order valence-corrected chi connectivity index (χ1v) is 10.5. The summed E-state index contributed by atoms with van der Waals surface area (Å²) in [5.41, 5.74) is 0.467. The van der Waals surface area contributed by atoms with Gasteiger partial charge in [-0.2, -0.15) is 0 Å². The van der Waals surface area contributed by atoms with E-state index in [4.69, 9.17) is 4.42 Å². The second-order valence-electron chi connectivity index (χ2n) is 7.14. The fourth-order valence-electron chi connectivity index (χ4n) is 2.97. The standard InChI is InChI=1S/C19H24N2O4S/c1-13-9-17(13)18-8-7-15(25-18)11-21(2)12-19(22)20-14-5-4-6-16(10-14)26(3,23)24/h4-8,10,13,17H,9,11-12H2,1-3H3,(H,20,22). The van der Waals surface area contributed by atoms with Crippen LogP contribution in [0.15, 0.2) is 45.7 Å². The van der Waals surface area contributed by atoms with Gasteiger partial charge in [0.1, 0.15) is 11.5 Å². The van der Waals surface area contributed by atoms with Crippen LogP contribution >= 0.6 is 0 Å². The van der Waals surface area contributed by atoms with Gasteiger partial charge in [0.25, 0.3) is 0 Å². The van der Waals surface area contributed by atoms with E-state index in [1.165, 1.54) is 18.6 Å². The SMILES string of the molecule is CC1CC1c1ccc(CN(C)CC(=O)Nc2cccc(S(C)(=O)=O)c2)o1. The Kier molecular flexibility index (Phi) is 5.20. The van der Waals surface area contributed by atoms with Crippen molar-refractivity contribution < 1.29 is 17.6 Å². The summed E-state index contributed by atoms with van der Waals surface area (Å²) in [7, 11) is -1.46. The van der Waals surface area contributed by atoms with Crippen molar-refractivity contribution in [1.29, 1.82) is 0 Å². The molecular weight excluding hydrogens is 352 g/mol. The summed E-state index contributed by atoms with van der Waals surface area (Å²) in [6, 6.07) is 10.2. The molecule has 0 saturated heterocycles. The maximum atomic E-state index is 12.2. The predicted molar refractivity (Wildman–Crippen MR) is 99.7 cm³/mol. The molecule has 1 heterocycles. The Morgan fingerprint density at radius 3 is 2.69 bits per heavy atom. The highest BCUT2D eigenvalue weighted by molar-refractivity contribution is 7.90. The molecule has 1 N–H and O–H groups in total. The largest absolute Gasteiger partial charge is 0.464 e. The van der Waals surface area contributed by atoms with Crippen LogP contribution in [0.3, 0.4) is 0 Å². The normalized spacial score (nSPS) is 19.5. The zero-order valence-electron chi connectivity index (χ0n) is 15.2. The van der Waals surface area contributed by atoms with Gasteiger partial charge in [-0.1, -0.05) is 13.0 Å². The fraction of sp³-hybridized carbons (Fsp3) is 0.421. The van der Waals surface area contributed by atoms with Crippen molar-refractivity contribution in [1.82, 2.24) is 4.90 Å². The van der Waals surface area contributed by atoms with E-state index in [0.29, 0.717) is 24.1 Å². The van der Waals surface area contributed by atoms with Crippen LogP contribution < -0.4 is 5.32 Å². The number of amides is 1. The lowest BCUT2D eigenvalue weighted by atomic mass is 10.3. The summed E-state index contributed by atoms with van der Waals surface area (Å²) >= 11 is 0. The maximum Gasteiger partial charge on any atom is 0.238 e. The van der Waals surface area contributed by atoms with Crippen LogP contribution in [-0.4, -0.2) is 39.1 Å². The van der Waals surface area contributed by atoms with Crippen molar-refractivity contribution in [2.24, 2.45) is 5.92 Å². The number of hydrogen-bond donors (Lipinski definition) is 1. The molecule has 3 rings (SSSR count). The first kappa shape index (κ1) is 18.7. The van der Waals surface area contributed by atoms with E-state index < -0.39 is 9.84 Å². The molecule has 1 aliphatic carbocycles. The maximum absolute atomic E-state index is 12.2. The summed E-state index contributed by atoms with van der Waals surface area (Å²) in [5.74, 6) is 2.90. The van der Waals surface area contributed by atoms with E-state index in [2.05, 4.69) is 12.2 Å². The molecule has 1 fully saturated rings. The van der Waals surface area contributed by atoms with Gasteiger partial charge in [-0.25, -0.2) is 8.42 Å². The lowest BCUT2D eigenvalue weighted by Crippen LogP contribution is -2.29. The van der Waals surface area contributed by atoms with E-state index in [9.17, 15) is 13.2 Å². The lowest BCUT2D eigenvalue weighted by Gasteiger charge is -2.15. The second kappa shape index (κ2) is 7.25. The van der Waals surface area contributed by atoms with Crippen LogP contribution in [-0.2, 0) is 21.2 Å². The van der Waals surface area contributed by atoms with Gasteiger partial charge < -0.3 is 9.73 Å². The van der Waals surface area contributed by atoms with Crippen molar-refractivity contribution in [2.75, 3.05) is 25.2 Å². The van der Waals surface area contributed by atoms with Crippen molar-refractivity contribution in [3.8, 4) is 0 Å². The average Bonchev–Trinajstić information content (AvgIpc) is 3.09. The highest BCUT2D eigenvalue weighted by atomic mass is 32.2. The zero-order valence-corrected chi connectivity index (χ0v) is 16.0. The van der Waals surface area contributed by atoms with Gasteiger partial charge in [0, 0.05) is 17.9 Å². The Morgan fingerprint density at radius 2 is 2.04 bits per heavy atom. The van der Waals surface area contributed by atoms with Crippen molar-refractivity contribution in [2.45, 2.75) is 30.7 Å². The number of nitrogens with one attached hydrogen (secondary N) is 1. The Labute approximate surface area is 154 Å². The van der Waals surface area contributed by atoms with Gasteiger partial charge in [-0.05, 0) is 49.7 Å². The number of nitrogens with zero attached hydrogens (tertiary/aromatic N) is 1. The number of anilines is 1. The third-order valence-electron chi connectivity index (χ3n) is 4.54. The van der Waals surface area contributed by atoms with Crippen LogP contribution in [0.25, 0.3) is 0 Å². The molecule has 2 unspecified atom stereocenters. The van der Waals surface area contributed by atoms with E-state index >= 15 is 0 Å². The summed E-state index contributed by atoms with van der Waals surface area (Å²) < 4.78 is 29.1. The minimum absolute atomic E-state index is 0.180. The molecule has 1 aliphatic rings. The molecule has 6 nitrogen and oxygen atoms in total. The summed E-state index contributed by atoms with van der Waals surface area (Å²) in [4.78, 5) is 14.2. The number of benzene rings is 1. The first-order chi connectivity index (χ1) is 12.2. The summed E-state index contributed by atoms with van der Waals surface area (Å²) in [5, 5.41) is 2.73. The van der Waals surface area contributed by atoms with E-state index in [1.807, 2.05) is 24.1 Å². The average molecular weight is 376 g/mol. The second-order valence-corrected chi connectivity index (χ2v) is 9.16. The van der Waals surface area contributed by atoms with E-state index in [-0.39, 0.29) is 17.3 Å². The molecule has 26 heavy (non-hydrogen) atoms. The van der Waals surface area contributed by atoms with Crippen LogP contribution in [0.4, 0.5) is 5.69 Å². The molecule has 140 valence electrons. The Hall–Kier alpha value is -2.12. The van der Waals surface area contributed by atoms with Gasteiger partial charge >= 0.3 is 0 Å². The third kappa shape index (κ3) is 4.74. The minimum Gasteiger partial charge on any atom is -0.464 e. The van der Waals surface area contributed by atoms with Crippen LogP contribution in [0.5, 0.6) is 0 Å². The Balaban J connectivity index is 1.53. The zero-order chi connectivity index (χ0) is 18.9. The molecular formula is C19H24N2O4S. The van der Waals surface area contributed by atoms with Gasteiger partial charge in [-0.15, -0.1) is 0 Å². The van der Waals surface area contributed by atoms with Gasteiger partial charge in [0.2, 0.25) is 5.91 Å². The van der Waals surface area contributed by atoms with Crippen LogP contribution in [0.2, 0.25) is 0 Å². The molecule has 2 aromatic rings. The molecule has 1 aromatic carbocycles. The molecule has 2 atom stereocenters. The smallest absolute Gasteiger partial charge is 0.238 e. The summed E-state index contributed by atoms with van der Waals surface area (Å²) in [6.07, 6.45) is 2.32. The van der Waals surface area contributed by atoms with Gasteiger partial charge in [0.05, 0.1) is 18.0 Å².